The summed E-state index contributed by atoms with van der Waals surface area (Å²) in [6.45, 7) is 4.44. The van der Waals surface area contributed by atoms with Crippen molar-refractivity contribution in [2.75, 3.05) is 39.9 Å². The van der Waals surface area contributed by atoms with Gasteiger partial charge in [-0.25, -0.2) is 0 Å². The minimum atomic E-state index is -0.765. The Morgan fingerprint density at radius 1 is 1.53 bits per heavy atom. The topological polar surface area (TPSA) is 78.9 Å². The molecule has 6 heteroatoms. The van der Waals surface area contributed by atoms with Gasteiger partial charge in [0.05, 0.1) is 19.1 Å². The number of ether oxygens (including phenoxy) is 1. The molecule has 0 aromatic carbocycles. The van der Waals surface area contributed by atoms with Crippen molar-refractivity contribution in [2.24, 2.45) is 11.8 Å². The van der Waals surface area contributed by atoms with Gasteiger partial charge in [-0.2, -0.15) is 0 Å². The van der Waals surface area contributed by atoms with Gasteiger partial charge in [-0.05, 0) is 5.92 Å². The van der Waals surface area contributed by atoms with Crippen LogP contribution in [-0.2, 0) is 14.3 Å². The number of rotatable bonds is 7. The van der Waals surface area contributed by atoms with Crippen molar-refractivity contribution in [1.29, 1.82) is 0 Å². The number of nitrogens with one attached hydrogen (secondary N) is 1. The molecule has 1 aliphatic heterocycles. The molecule has 17 heavy (non-hydrogen) atoms. The SMILES string of the molecule is COCCNC(=O)CN1CC(C(C)C(=O)O)C1. The smallest absolute Gasteiger partial charge is 0.306 e. The molecule has 1 rings (SSSR count). The van der Waals surface area contributed by atoms with E-state index >= 15 is 0 Å². The fourth-order valence-corrected chi connectivity index (χ4v) is 1.81. The third-order valence-electron chi connectivity index (χ3n) is 3.08. The lowest BCUT2D eigenvalue weighted by Crippen LogP contribution is -2.54. The number of carbonyl (C=O) groups is 2. The van der Waals surface area contributed by atoms with Crippen molar-refractivity contribution < 1.29 is 19.4 Å². The van der Waals surface area contributed by atoms with E-state index in [1.807, 2.05) is 4.90 Å². The summed E-state index contributed by atoms with van der Waals surface area (Å²) in [5, 5.41) is 11.5. The number of methoxy groups -OCH3 is 1. The summed E-state index contributed by atoms with van der Waals surface area (Å²) in [4.78, 5) is 24.1. The Kier molecular flexibility index (Phi) is 5.37. The second-order valence-corrected chi connectivity index (χ2v) is 4.42. The first-order valence-corrected chi connectivity index (χ1v) is 5.75. The molecule has 0 aromatic heterocycles. The number of nitrogens with zero attached hydrogens (tertiary/aromatic N) is 1. The maximum absolute atomic E-state index is 11.4. The maximum Gasteiger partial charge on any atom is 0.306 e. The molecule has 1 atom stereocenters. The molecule has 1 aliphatic rings. The summed E-state index contributed by atoms with van der Waals surface area (Å²) in [5.74, 6) is -0.968. The van der Waals surface area contributed by atoms with Crippen LogP contribution in [0.4, 0.5) is 0 Å². The van der Waals surface area contributed by atoms with Gasteiger partial charge in [-0.3, -0.25) is 14.5 Å². The molecule has 98 valence electrons. The number of amides is 1. The largest absolute Gasteiger partial charge is 0.481 e. The fraction of sp³-hybridized carbons (Fsp3) is 0.818. The van der Waals surface area contributed by atoms with E-state index in [2.05, 4.69) is 5.32 Å². The molecular weight excluding hydrogens is 224 g/mol. The molecule has 1 amide bonds. The monoisotopic (exact) mass is 244 g/mol. The predicted octanol–water partition coefficient (Wildman–Crippen LogP) is -0.598. The van der Waals surface area contributed by atoms with E-state index in [9.17, 15) is 9.59 Å². The molecule has 2 N–H and O–H groups in total. The minimum absolute atomic E-state index is 0.0384. The average Bonchev–Trinajstić information content (AvgIpc) is 2.22. The number of aliphatic carboxylic acids is 1. The second kappa shape index (κ2) is 6.56. The number of carbonyl (C=O) groups excluding carboxylic acids is 1. The van der Waals surface area contributed by atoms with Gasteiger partial charge >= 0.3 is 5.97 Å². The molecule has 0 bridgehead atoms. The van der Waals surface area contributed by atoms with Crippen molar-refractivity contribution in [3.8, 4) is 0 Å². The normalized spacial score (nSPS) is 18.5. The van der Waals surface area contributed by atoms with Gasteiger partial charge in [0.1, 0.15) is 0 Å². The second-order valence-electron chi connectivity index (χ2n) is 4.42. The van der Waals surface area contributed by atoms with E-state index in [4.69, 9.17) is 9.84 Å². The zero-order valence-electron chi connectivity index (χ0n) is 10.3. The van der Waals surface area contributed by atoms with Crippen LogP contribution in [0.15, 0.2) is 0 Å². The van der Waals surface area contributed by atoms with E-state index in [1.165, 1.54) is 0 Å². The number of carboxylic acid groups (broad SMARTS) is 1. The molecule has 0 spiro atoms. The van der Waals surface area contributed by atoms with Gasteiger partial charge in [0.2, 0.25) is 5.91 Å². The molecule has 1 saturated heterocycles. The van der Waals surface area contributed by atoms with Gasteiger partial charge < -0.3 is 15.2 Å². The van der Waals surface area contributed by atoms with Gasteiger partial charge in [-0.15, -0.1) is 0 Å². The highest BCUT2D eigenvalue weighted by Gasteiger charge is 2.35. The molecule has 1 heterocycles. The molecule has 0 aliphatic carbocycles. The van der Waals surface area contributed by atoms with Gasteiger partial charge in [0, 0.05) is 26.7 Å². The summed E-state index contributed by atoms with van der Waals surface area (Å²) >= 11 is 0. The molecule has 0 radical (unpaired) electrons. The highest BCUT2D eigenvalue weighted by Crippen LogP contribution is 2.23. The van der Waals surface area contributed by atoms with Gasteiger partial charge in [-0.1, -0.05) is 6.92 Å². The Bertz CT molecular complexity index is 277. The van der Waals surface area contributed by atoms with Crippen molar-refractivity contribution >= 4 is 11.9 Å². The summed E-state index contributed by atoms with van der Waals surface area (Å²) in [6, 6.07) is 0. The zero-order valence-corrected chi connectivity index (χ0v) is 10.3. The molecule has 1 unspecified atom stereocenters. The molecular formula is C11H20N2O4. The van der Waals surface area contributed by atoms with E-state index in [1.54, 1.807) is 14.0 Å². The quantitative estimate of drug-likeness (QED) is 0.585. The van der Waals surface area contributed by atoms with Crippen LogP contribution >= 0.6 is 0 Å². The van der Waals surface area contributed by atoms with E-state index < -0.39 is 5.97 Å². The maximum atomic E-state index is 11.4. The molecule has 6 nitrogen and oxygen atoms in total. The van der Waals surface area contributed by atoms with Crippen LogP contribution in [0.1, 0.15) is 6.92 Å². The standard InChI is InChI=1S/C11H20N2O4/c1-8(11(15)16)9-5-13(6-9)7-10(14)12-3-4-17-2/h8-9H,3-7H2,1-2H3,(H,12,14)(H,15,16). The summed E-state index contributed by atoms with van der Waals surface area (Å²) < 4.78 is 4.82. The Morgan fingerprint density at radius 3 is 2.71 bits per heavy atom. The van der Waals surface area contributed by atoms with Crippen LogP contribution in [0.5, 0.6) is 0 Å². The van der Waals surface area contributed by atoms with E-state index in [-0.39, 0.29) is 17.7 Å². The van der Waals surface area contributed by atoms with Crippen molar-refractivity contribution in [2.45, 2.75) is 6.92 Å². The number of likely N-dealkylation sites (tertiary alicyclic amines) is 1. The van der Waals surface area contributed by atoms with Crippen LogP contribution in [0.3, 0.4) is 0 Å². The fourth-order valence-electron chi connectivity index (χ4n) is 1.81. The zero-order chi connectivity index (χ0) is 12.8. The number of hydrogen-bond acceptors (Lipinski definition) is 4. The van der Waals surface area contributed by atoms with Gasteiger partial charge in [0.25, 0.3) is 0 Å². The van der Waals surface area contributed by atoms with Gasteiger partial charge in [0.15, 0.2) is 0 Å². The minimum Gasteiger partial charge on any atom is -0.481 e. The van der Waals surface area contributed by atoms with Crippen LogP contribution in [0, 0.1) is 11.8 Å². The Hall–Kier alpha value is -1.14. The summed E-state index contributed by atoms with van der Waals surface area (Å²) in [6.07, 6.45) is 0. The van der Waals surface area contributed by atoms with Crippen molar-refractivity contribution in [3.63, 3.8) is 0 Å². The highest BCUT2D eigenvalue weighted by molar-refractivity contribution is 5.78. The lowest BCUT2D eigenvalue weighted by atomic mass is 9.87. The first-order chi connectivity index (χ1) is 8.04. The predicted molar refractivity (Wildman–Crippen MR) is 61.6 cm³/mol. The third-order valence-corrected chi connectivity index (χ3v) is 3.08. The van der Waals surface area contributed by atoms with Crippen molar-refractivity contribution in [3.05, 3.63) is 0 Å². The lowest BCUT2D eigenvalue weighted by molar-refractivity contribution is -0.145. The average molecular weight is 244 g/mol. The van der Waals surface area contributed by atoms with Crippen molar-refractivity contribution in [1.82, 2.24) is 10.2 Å². The Morgan fingerprint density at radius 2 is 2.18 bits per heavy atom. The van der Waals surface area contributed by atoms with Crippen LogP contribution < -0.4 is 5.32 Å². The molecule has 1 fully saturated rings. The van der Waals surface area contributed by atoms with E-state index in [0.717, 1.165) is 0 Å². The first kappa shape index (κ1) is 13.9. The highest BCUT2D eigenvalue weighted by atomic mass is 16.5. The lowest BCUT2D eigenvalue weighted by Gasteiger charge is -2.40. The summed E-state index contributed by atoms with van der Waals surface area (Å²) in [7, 11) is 1.58. The Labute approximate surface area is 101 Å². The van der Waals surface area contributed by atoms with Crippen LogP contribution in [0.25, 0.3) is 0 Å². The Balaban J connectivity index is 2.12. The number of hydrogen-bond donors (Lipinski definition) is 2. The number of carboxylic acids is 1. The molecule has 0 aromatic rings. The third kappa shape index (κ3) is 4.32. The van der Waals surface area contributed by atoms with E-state index in [0.29, 0.717) is 32.8 Å². The van der Waals surface area contributed by atoms with Crippen LogP contribution in [0.2, 0.25) is 0 Å². The van der Waals surface area contributed by atoms with Crippen LogP contribution in [-0.4, -0.2) is 61.8 Å². The summed E-state index contributed by atoms with van der Waals surface area (Å²) in [5.41, 5.74) is 0. The first-order valence-electron chi connectivity index (χ1n) is 5.75. The molecule has 0 saturated carbocycles.